The maximum Gasteiger partial charge on any atom is 0.254 e. The first-order valence-electron chi connectivity index (χ1n) is 9.22. The van der Waals surface area contributed by atoms with E-state index in [1.165, 1.54) is 6.07 Å². The summed E-state index contributed by atoms with van der Waals surface area (Å²) in [6.07, 6.45) is 4.36. The molecule has 0 fully saturated rings. The van der Waals surface area contributed by atoms with Gasteiger partial charge in [-0.05, 0) is 24.1 Å². The van der Waals surface area contributed by atoms with E-state index in [1.807, 2.05) is 48.5 Å². The molecule has 0 radical (unpaired) electrons. The van der Waals surface area contributed by atoms with E-state index in [0.717, 1.165) is 36.8 Å². The maximum atomic E-state index is 12.4. The molecule has 136 valence electrons. The van der Waals surface area contributed by atoms with E-state index in [0.29, 0.717) is 24.3 Å². The molecule has 0 aliphatic rings. The largest absolute Gasteiger partial charge is 0.507 e. The SMILES string of the molecule is CCCCCCn1c(=O)cc(O)c2ccc(OCc3ccccc3)cc21. The van der Waals surface area contributed by atoms with Crippen LogP contribution >= 0.6 is 0 Å². The van der Waals surface area contributed by atoms with Crippen LogP contribution in [-0.2, 0) is 13.2 Å². The molecular weight excluding hydrogens is 326 g/mol. The predicted molar refractivity (Wildman–Crippen MR) is 105 cm³/mol. The monoisotopic (exact) mass is 351 g/mol. The van der Waals surface area contributed by atoms with Crippen molar-refractivity contribution in [1.82, 2.24) is 4.57 Å². The molecule has 0 spiro atoms. The molecule has 0 saturated heterocycles. The Bertz CT molecular complexity index is 916. The van der Waals surface area contributed by atoms with E-state index < -0.39 is 0 Å². The molecule has 0 aliphatic carbocycles. The van der Waals surface area contributed by atoms with Gasteiger partial charge in [0.2, 0.25) is 0 Å². The van der Waals surface area contributed by atoms with Crippen molar-refractivity contribution in [2.45, 2.75) is 45.8 Å². The topological polar surface area (TPSA) is 51.5 Å². The third-order valence-electron chi connectivity index (χ3n) is 4.55. The number of ether oxygens (including phenoxy) is 1. The highest BCUT2D eigenvalue weighted by Crippen LogP contribution is 2.27. The second-order valence-electron chi connectivity index (χ2n) is 6.53. The first-order valence-corrected chi connectivity index (χ1v) is 9.22. The zero-order chi connectivity index (χ0) is 18.4. The van der Waals surface area contributed by atoms with Gasteiger partial charge in [0.25, 0.3) is 5.56 Å². The van der Waals surface area contributed by atoms with Crippen LogP contribution in [0.1, 0.15) is 38.2 Å². The average molecular weight is 351 g/mol. The third kappa shape index (κ3) is 4.26. The summed E-state index contributed by atoms with van der Waals surface area (Å²) in [6.45, 7) is 3.28. The van der Waals surface area contributed by atoms with E-state index in [-0.39, 0.29) is 11.3 Å². The Labute approximate surface area is 153 Å². The fourth-order valence-electron chi connectivity index (χ4n) is 3.10. The van der Waals surface area contributed by atoms with Crippen LogP contribution in [0.15, 0.2) is 59.4 Å². The molecule has 1 heterocycles. The molecule has 0 unspecified atom stereocenters. The lowest BCUT2D eigenvalue weighted by Gasteiger charge is -2.13. The van der Waals surface area contributed by atoms with Crippen molar-refractivity contribution in [3.05, 3.63) is 70.5 Å². The van der Waals surface area contributed by atoms with E-state index in [4.69, 9.17) is 4.74 Å². The van der Waals surface area contributed by atoms with Gasteiger partial charge in [-0.1, -0.05) is 56.5 Å². The molecule has 0 amide bonds. The highest BCUT2D eigenvalue weighted by molar-refractivity contribution is 5.86. The average Bonchev–Trinajstić information content (AvgIpc) is 2.66. The van der Waals surface area contributed by atoms with Gasteiger partial charge in [0.15, 0.2) is 0 Å². The van der Waals surface area contributed by atoms with Crippen LogP contribution in [0.3, 0.4) is 0 Å². The number of aromatic hydroxyl groups is 1. The number of pyridine rings is 1. The number of benzene rings is 2. The minimum atomic E-state index is -0.174. The van der Waals surface area contributed by atoms with Crippen molar-refractivity contribution < 1.29 is 9.84 Å². The summed E-state index contributed by atoms with van der Waals surface area (Å²) in [4.78, 5) is 12.4. The Morgan fingerprint density at radius 1 is 1.00 bits per heavy atom. The van der Waals surface area contributed by atoms with Crippen LogP contribution in [0.25, 0.3) is 10.9 Å². The van der Waals surface area contributed by atoms with Gasteiger partial charge in [-0.3, -0.25) is 4.79 Å². The van der Waals surface area contributed by atoms with Crippen LogP contribution in [0, 0.1) is 0 Å². The van der Waals surface area contributed by atoms with Gasteiger partial charge in [0.05, 0.1) is 5.52 Å². The van der Waals surface area contributed by atoms with E-state index >= 15 is 0 Å². The van der Waals surface area contributed by atoms with Gasteiger partial charge in [-0.15, -0.1) is 0 Å². The van der Waals surface area contributed by atoms with Crippen molar-refractivity contribution in [2.24, 2.45) is 0 Å². The van der Waals surface area contributed by atoms with E-state index in [1.54, 1.807) is 4.57 Å². The van der Waals surface area contributed by atoms with Crippen LogP contribution in [0.4, 0.5) is 0 Å². The Morgan fingerprint density at radius 2 is 1.81 bits per heavy atom. The van der Waals surface area contributed by atoms with E-state index in [2.05, 4.69) is 6.92 Å². The molecular formula is C22H25NO3. The lowest BCUT2D eigenvalue weighted by Crippen LogP contribution is -2.19. The fraction of sp³-hybridized carbons (Fsp3) is 0.318. The number of aromatic nitrogens is 1. The Kier molecular flexibility index (Phi) is 5.95. The first-order chi connectivity index (χ1) is 12.7. The molecule has 1 aromatic heterocycles. The molecule has 1 N–H and O–H groups in total. The van der Waals surface area contributed by atoms with Crippen LogP contribution in [-0.4, -0.2) is 9.67 Å². The lowest BCUT2D eigenvalue weighted by atomic mass is 10.1. The molecule has 2 aromatic carbocycles. The second kappa shape index (κ2) is 8.56. The maximum absolute atomic E-state index is 12.4. The molecule has 0 saturated carbocycles. The number of unbranched alkanes of at least 4 members (excludes halogenated alkanes) is 3. The highest BCUT2D eigenvalue weighted by Gasteiger charge is 2.10. The molecule has 4 heteroatoms. The van der Waals surface area contributed by atoms with Crippen LogP contribution in [0.5, 0.6) is 11.5 Å². The summed E-state index contributed by atoms with van der Waals surface area (Å²) in [6, 6.07) is 16.7. The van der Waals surface area contributed by atoms with Crippen molar-refractivity contribution in [1.29, 1.82) is 0 Å². The smallest absolute Gasteiger partial charge is 0.254 e. The Balaban J connectivity index is 1.86. The highest BCUT2D eigenvalue weighted by atomic mass is 16.5. The van der Waals surface area contributed by atoms with Gasteiger partial charge in [-0.2, -0.15) is 0 Å². The molecule has 26 heavy (non-hydrogen) atoms. The zero-order valence-corrected chi connectivity index (χ0v) is 15.1. The Morgan fingerprint density at radius 3 is 2.58 bits per heavy atom. The summed E-state index contributed by atoms with van der Waals surface area (Å²) in [5.74, 6) is 0.707. The summed E-state index contributed by atoms with van der Waals surface area (Å²) in [5.41, 5.74) is 1.63. The number of hydrogen-bond acceptors (Lipinski definition) is 3. The minimum absolute atomic E-state index is 0.0180. The zero-order valence-electron chi connectivity index (χ0n) is 15.1. The van der Waals surface area contributed by atoms with Crippen molar-refractivity contribution in [3.63, 3.8) is 0 Å². The number of hydrogen-bond donors (Lipinski definition) is 1. The predicted octanol–water partition coefficient (Wildman–Crippen LogP) is 4.87. The number of nitrogens with zero attached hydrogens (tertiary/aromatic N) is 1. The molecule has 3 rings (SSSR count). The fourth-order valence-corrected chi connectivity index (χ4v) is 3.10. The third-order valence-corrected chi connectivity index (χ3v) is 4.55. The second-order valence-corrected chi connectivity index (χ2v) is 6.53. The first kappa shape index (κ1) is 18.1. The summed E-state index contributed by atoms with van der Waals surface area (Å²) in [7, 11) is 0. The normalized spacial score (nSPS) is 11.0. The molecule has 4 nitrogen and oxygen atoms in total. The number of fused-ring (bicyclic) bond motifs is 1. The van der Waals surface area contributed by atoms with Gasteiger partial charge >= 0.3 is 0 Å². The van der Waals surface area contributed by atoms with Gasteiger partial charge in [-0.25, -0.2) is 0 Å². The van der Waals surface area contributed by atoms with Gasteiger partial charge in [0.1, 0.15) is 18.1 Å². The van der Waals surface area contributed by atoms with Gasteiger partial charge < -0.3 is 14.4 Å². The summed E-state index contributed by atoms with van der Waals surface area (Å²) in [5, 5.41) is 10.8. The van der Waals surface area contributed by atoms with Gasteiger partial charge in [0, 0.05) is 24.1 Å². The van der Waals surface area contributed by atoms with E-state index in [9.17, 15) is 9.90 Å². The van der Waals surface area contributed by atoms with Crippen molar-refractivity contribution in [3.8, 4) is 11.5 Å². The standard InChI is InChI=1S/C22H25NO3/c1-2-3-4-8-13-23-20-14-18(26-16-17-9-6-5-7-10-17)11-12-19(20)21(24)15-22(23)25/h5-7,9-12,14-15,24H,2-4,8,13,16H2,1H3. The molecule has 3 aromatic rings. The molecule has 0 atom stereocenters. The van der Waals surface area contributed by atoms with Crippen LogP contribution < -0.4 is 10.3 Å². The number of rotatable bonds is 8. The minimum Gasteiger partial charge on any atom is -0.507 e. The molecule has 0 bridgehead atoms. The van der Waals surface area contributed by atoms with Crippen molar-refractivity contribution >= 4 is 10.9 Å². The quantitative estimate of drug-likeness (QED) is 0.589. The number of aryl methyl sites for hydroxylation is 1. The van der Waals surface area contributed by atoms with Crippen LogP contribution in [0.2, 0.25) is 0 Å². The lowest BCUT2D eigenvalue weighted by molar-refractivity contribution is 0.306. The van der Waals surface area contributed by atoms with Crippen molar-refractivity contribution in [2.75, 3.05) is 0 Å². The Hall–Kier alpha value is -2.75. The molecule has 0 aliphatic heterocycles. The summed E-state index contributed by atoms with van der Waals surface area (Å²) >= 11 is 0. The summed E-state index contributed by atoms with van der Waals surface area (Å²) < 4.78 is 7.62.